The van der Waals surface area contributed by atoms with Crippen LogP contribution in [0.25, 0.3) is 11.0 Å². The first-order valence-electron chi connectivity index (χ1n) is 8.55. The van der Waals surface area contributed by atoms with Crippen molar-refractivity contribution in [2.45, 2.75) is 19.9 Å². The van der Waals surface area contributed by atoms with Gasteiger partial charge in [0.2, 0.25) is 0 Å². The maximum absolute atomic E-state index is 5.92. The van der Waals surface area contributed by atoms with Crippen molar-refractivity contribution < 1.29 is 0 Å². The molecule has 0 radical (unpaired) electrons. The Kier molecular flexibility index (Phi) is 4.59. The summed E-state index contributed by atoms with van der Waals surface area (Å²) in [6.45, 7) is 2.77. The van der Waals surface area contributed by atoms with Gasteiger partial charge in [0.1, 0.15) is 11.5 Å². The highest BCUT2D eigenvalue weighted by atomic mass is 35.5. The number of anilines is 1. The van der Waals surface area contributed by atoms with Crippen LogP contribution in [0, 0.1) is 6.92 Å². The van der Waals surface area contributed by atoms with E-state index in [1.54, 1.807) is 6.20 Å². The topological polar surface area (TPSA) is 53.6 Å². The Balaban J connectivity index is 1.48. The Morgan fingerprint density at radius 1 is 1.04 bits per heavy atom. The van der Waals surface area contributed by atoms with Gasteiger partial charge in [0, 0.05) is 41.5 Å². The van der Waals surface area contributed by atoms with E-state index in [0.717, 1.165) is 40.5 Å². The summed E-state index contributed by atoms with van der Waals surface area (Å²) in [4.78, 5) is 12.3. The van der Waals surface area contributed by atoms with Gasteiger partial charge in [-0.05, 0) is 53.9 Å². The largest absolute Gasteiger partial charge is 0.366 e. The summed E-state index contributed by atoms with van der Waals surface area (Å²) in [6, 6.07) is 16.1. The summed E-state index contributed by atoms with van der Waals surface area (Å²) >= 11 is 5.92. The summed E-state index contributed by atoms with van der Waals surface area (Å²) in [5, 5.41) is 5.28. The summed E-state index contributed by atoms with van der Waals surface area (Å²) < 4.78 is 0. The number of halogens is 1. The second-order valence-corrected chi connectivity index (χ2v) is 6.75. The van der Waals surface area contributed by atoms with Crippen LogP contribution < -0.4 is 5.32 Å². The Bertz CT molecular complexity index is 1040. The van der Waals surface area contributed by atoms with Crippen molar-refractivity contribution in [3.05, 3.63) is 88.3 Å². The fourth-order valence-corrected chi connectivity index (χ4v) is 3.16. The molecule has 4 aromatic rings. The molecule has 5 heteroatoms. The van der Waals surface area contributed by atoms with E-state index < -0.39 is 0 Å². The van der Waals surface area contributed by atoms with Crippen LogP contribution in [-0.2, 0) is 13.0 Å². The van der Waals surface area contributed by atoms with Gasteiger partial charge in [0.25, 0.3) is 0 Å². The van der Waals surface area contributed by atoms with E-state index in [-0.39, 0.29) is 0 Å². The molecule has 2 N–H and O–H groups in total. The van der Waals surface area contributed by atoms with Gasteiger partial charge in [0.05, 0.1) is 0 Å². The summed E-state index contributed by atoms with van der Waals surface area (Å²) in [5.74, 6) is 0.877. The second-order valence-electron chi connectivity index (χ2n) is 6.31. The van der Waals surface area contributed by atoms with Crippen LogP contribution in [0.1, 0.15) is 22.4 Å². The van der Waals surface area contributed by atoms with Crippen molar-refractivity contribution in [2.75, 3.05) is 5.32 Å². The van der Waals surface area contributed by atoms with Crippen LogP contribution in [0.5, 0.6) is 0 Å². The molecular weight excluding hydrogens is 344 g/mol. The van der Waals surface area contributed by atoms with Crippen molar-refractivity contribution in [1.82, 2.24) is 15.0 Å². The van der Waals surface area contributed by atoms with Gasteiger partial charge in [-0.3, -0.25) is 0 Å². The first kappa shape index (κ1) is 16.6. The van der Waals surface area contributed by atoms with E-state index in [2.05, 4.69) is 34.3 Å². The third-order valence-electron chi connectivity index (χ3n) is 4.50. The number of nitrogens with one attached hydrogen (secondary N) is 2. The molecular formula is C21H19ClN4. The Morgan fingerprint density at radius 3 is 2.69 bits per heavy atom. The highest BCUT2D eigenvalue weighted by Crippen LogP contribution is 2.21. The Hall–Kier alpha value is -2.85. The first-order valence-corrected chi connectivity index (χ1v) is 8.92. The molecule has 1 aromatic carbocycles. The number of benzene rings is 1. The van der Waals surface area contributed by atoms with E-state index in [1.807, 2.05) is 42.6 Å². The fourth-order valence-electron chi connectivity index (χ4n) is 3.03. The number of rotatable bonds is 5. The minimum absolute atomic E-state index is 0.719. The predicted molar refractivity (Wildman–Crippen MR) is 107 cm³/mol. The highest BCUT2D eigenvalue weighted by Gasteiger charge is 2.08. The molecule has 0 aliphatic carbocycles. The number of hydrogen-bond acceptors (Lipinski definition) is 3. The lowest BCUT2D eigenvalue weighted by Gasteiger charge is -2.10. The SMILES string of the molecule is Cc1nc(NCc2ccc(Cl)cc2)ccc1Cc1c[nH]c2ncccc12. The number of pyridine rings is 2. The van der Waals surface area contributed by atoms with Crippen LogP contribution in [-0.4, -0.2) is 15.0 Å². The maximum Gasteiger partial charge on any atom is 0.137 e. The zero-order valence-corrected chi connectivity index (χ0v) is 15.2. The van der Waals surface area contributed by atoms with Gasteiger partial charge in [-0.2, -0.15) is 0 Å². The molecule has 4 rings (SSSR count). The van der Waals surface area contributed by atoms with E-state index in [9.17, 15) is 0 Å². The third-order valence-corrected chi connectivity index (χ3v) is 4.75. The molecule has 3 aromatic heterocycles. The molecule has 0 saturated heterocycles. The lowest BCUT2D eigenvalue weighted by atomic mass is 10.0. The fraction of sp³-hybridized carbons (Fsp3) is 0.143. The average Bonchev–Trinajstić information content (AvgIpc) is 3.06. The van der Waals surface area contributed by atoms with Crippen LogP contribution in [0.4, 0.5) is 5.82 Å². The molecule has 0 saturated carbocycles. The smallest absolute Gasteiger partial charge is 0.137 e. The van der Waals surface area contributed by atoms with Gasteiger partial charge >= 0.3 is 0 Å². The molecule has 0 aliphatic heterocycles. The highest BCUT2D eigenvalue weighted by molar-refractivity contribution is 6.30. The van der Waals surface area contributed by atoms with Gasteiger partial charge < -0.3 is 10.3 Å². The zero-order chi connectivity index (χ0) is 17.9. The predicted octanol–water partition coefficient (Wildman–Crippen LogP) is 5.12. The van der Waals surface area contributed by atoms with E-state index in [4.69, 9.17) is 16.6 Å². The normalized spacial score (nSPS) is 11.0. The van der Waals surface area contributed by atoms with Crippen LogP contribution >= 0.6 is 11.6 Å². The first-order chi connectivity index (χ1) is 12.7. The monoisotopic (exact) mass is 362 g/mol. The molecule has 3 heterocycles. The third kappa shape index (κ3) is 3.55. The van der Waals surface area contributed by atoms with Gasteiger partial charge in [-0.25, -0.2) is 9.97 Å². The van der Waals surface area contributed by atoms with Crippen molar-refractivity contribution in [3.63, 3.8) is 0 Å². The Labute approximate surface area is 157 Å². The summed E-state index contributed by atoms with van der Waals surface area (Å²) in [5.41, 5.74) is 5.58. The van der Waals surface area contributed by atoms with Crippen molar-refractivity contribution in [1.29, 1.82) is 0 Å². The molecule has 0 atom stereocenters. The number of H-pyrrole nitrogens is 1. The molecule has 26 heavy (non-hydrogen) atoms. The van der Waals surface area contributed by atoms with E-state index >= 15 is 0 Å². The van der Waals surface area contributed by atoms with Crippen molar-refractivity contribution in [3.8, 4) is 0 Å². The lowest BCUT2D eigenvalue weighted by molar-refractivity contribution is 1.05. The van der Waals surface area contributed by atoms with Crippen LogP contribution in [0.3, 0.4) is 0 Å². The number of fused-ring (bicyclic) bond motifs is 1. The minimum atomic E-state index is 0.719. The van der Waals surface area contributed by atoms with Crippen molar-refractivity contribution >= 4 is 28.5 Å². The van der Waals surface area contributed by atoms with Gasteiger partial charge in [-0.1, -0.05) is 29.8 Å². The molecule has 130 valence electrons. The van der Waals surface area contributed by atoms with Crippen LogP contribution in [0.15, 0.2) is 60.9 Å². The average molecular weight is 363 g/mol. The Morgan fingerprint density at radius 2 is 1.88 bits per heavy atom. The molecule has 0 bridgehead atoms. The molecule has 0 aliphatic rings. The summed E-state index contributed by atoms with van der Waals surface area (Å²) in [6.07, 6.45) is 4.67. The second kappa shape index (κ2) is 7.18. The van der Waals surface area contributed by atoms with Gasteiger partial charge in [0.15, 0.2) is 0 Å². The lowest BCUT2D eigenvalue weighted by Crippen LogP contribution is -2.03. The zero-order valence-electron chi connectivity index (χ0n) is 14.5. The van der Waals surface area contributed by atoms with Crippen LogP contribution in [0.2, 0.25) is 5.02 Å². The standard InChI is InChI=1S/C21H19ClN4/c1-14-16(11-17-13-25-21-19(17)3-2-10-23-21)6-9-20(26-14)24-12-15-4-7-18(22)8-5-15/h2-10,13H,11-12H2,1H3,(H,23,25)(H,24,26). The molecule has 0 amide bonds. The number of aryl methyl sites for hydroxylation is 1. The minimum Gasteiger partial charge on any atom is -0.366 e. The maximum atomic E-state index is 5.92. The summed E-state index contributed by atoms with van der Waals surface area (Å²) in [7, 11) is 0. The molecule has 0 spiro atoms. The van der Waals surface area contributed by atoms with E-state index in [0.29, 0.717) is 0 Å². The number of aromatic amines is 1. The van der Waals surface area contributed by atoms with Gasteiger partial charge in [-0.15, -0.1) is 0 Å². The number of nitrogens with zero attached hydrogens (tertiary/aromatic N) is 2. The molecule has 0 fully saturated rings. The number of hydrogen-bond donors (Lipinski definition) is 2. The number of aromatic nitrogens is 3. The molecule has 4 nitrogen and oxygen atoms in total. The van der Waals surface area contributed by atoms with Crippen molar-refractivity contribution in [2.24, 2.45) is 0 Å². The molecule has 0 unspecified atom stereocenters. The van der Waals surface area contributed by atoms with E-state index in [1.165, 1.54) is 16.7 Å². The quantitative estimate of drug-likeness (QED) is 0.518.